The van der Waals surface area contributed by atoms with E-state index in [1.165, 1.54) is 34.6 Å². The Balaban J connectivity index is 1.94. The van der Waals surface area contributed by atoms with E-state index in [4.69, 9.17) is 11.6 Å². The van der Waals surface area contributed by atoms with E-state index in [9.17, 15) is 18.0 Å². The molecule has 0 radical (unpaired) electrons. The maximum atomic E-state index is 14.7. The smallest absolute Gasteiger partial charge is 0.274 e. The number of nitrogens with one attached hydrogen (secondary N) is 1. The molecule has 200 valence electrons. The number of hydrogen-bond acceptors (Lipinski definition) is 6. The number of hydrogen-bond donors (Lipinski definition) is 1. The van der Waals surface area contributed by atoms with Gasteiger partial charge in [-0.15, -0.1) is 11.3 Å². The molecule has 1 amide bonds. The van der Waals surface area contributed by atoms with Gasteiger partial charge in [-0.25, -0.2) is 23.1 Å². The zero-order chi connectivity index (χ0) is 27.3. The average Bonchev–Trinajstić information content (AvgIpc) is 3.25. The van der Waals surface area contributed by atoms with Gasteiger partial charge in [0.05, 0.1) is 39.4 Å². The monoisotopic (exact) mass is 553 g/mol. The van der Waals surface area contributed by atoms with Crippen LogP contribution in [0.1, 0.15) is 56.0 Å². The largest absolute Gasteiger partial charge is 0.368 e. The van der Waals surface area contributed by atoms with E-state index < -0.39 is 36.2 Å². The molecule has 1 saturated heterocycles. The molecular formula is C26H31ClF3N5OS. The summed E-state index contributed by atoms with van der Waals surface area (Å²) in [6.07, 6.45) is 4.65. The molecule has 6 nitrogen and oxygen atoms in total. The first kappa shape index (κ1) is 28.8. The number of pyridine rings is 1. The fourth-order valence-electron chi connectivity index (χ4n) is 4.15. The summed E-state index contributed by atoms with van der Waals surface area (Å²) in [5, 5.41) is 4.30. The first-order chi connectivity index (χ1) is 17.5. The van der Waals surface area contributed by atoms with Crippen LogP contribution in [-0.4, -0.2) is 52.0 Å². The number of rotatable bonds is 8. The third-order valence-corrected chi connectivity index (χ3v) is 7.55. The van der Waals surface area contributed by atoms with Gasteiger partial charge in [0.25, 0.3) is 11.8 Å². The number of thiazole rings is 1. The van der Waals surface area contributed by atoms with Gasteiger partial charge in [0.15, 0.2) is 0 Å². The number of nitrogens with zero attached hydrogens (tertiary/aromatic N) is 4. The Bertz CT molecular complexity index is 1210. The highest BCUT2D eigenvalue weighted by atomic mass is 35.5. The summed E-state index contributed by atoms with van der Waals surface area (Å²) >= 11 is 7.28. The average molecular weight is 554 g/mol. The van der Waals surface area contributed by atoms with Crippen LogP contribution in [0.5, 0.6) is 0 Å². The number of aromatic nitrogens is 2. The van der Waals surface area contributed by atoms with Crippen molar-refractivity contribution >= 4 is 35.1 Å². The van der Waals surface area contributed by atoms with Crippen molar-refractivity contribution < 1.29 is 18.0 Å². The summed E-state index contributed by atoms with van der Waals surface area (Å²) in [6.45, 7) is 8.62. The van der Waals surface area contributed by atoms with Gasteiger partial charge in [-0.3, -0.25) is 9.78 Å². The Morgan fingerprint density at radius 3 is 2.76 bits per heavy atom. The minimum Gasteiger partial charge on any atom is -0.368 e. The fraction of sp³-hybridized carbons (Fsp3) is 0.462. The first-order valence-corrected chi connectivity index (χ1v) is 13.2. The van der Waals surface area contributed by atoms with Crippen molar-refractivity contribution in [2.75, 3.05) is 13.1 Å². The third-order valence-electron chi connectivity index (χ3n) is 6.24. The molecule has 0 saturated carbocycles. The van der Waals surface area contributed by atoms with E-state index in [0.717, 1.165) is 18.2 Å². The zero-order valence-electron chi connectivity index (χ0n) is 21.5. The molecule has 11 heteroatoms. The van der Waals surface area contributed by atoms with Crippen molar-refractivity contribution in [3.63, 3.8) is 0 Å². The standard InChI is InChI=1S/C26H31ClF3N5OS/c1-6-15(3)24(32-11-18(27)7-2)33-13-21-16(4)10-26(29,30)14-35(21)25(36)22-23(37-17(5)34-22)20-9-8-19(28)12-31-20/h7-9,11-12,16,21,33H,6,10,13-14H2,1-5H3/b18-7+,24-15+,32-11-/t16?,21-/m1/s1. The van der Waals surface area contributed by atoms with Crippen LogP contribution in [-0.2, 0) is 0 Å². The van der Waals surface area contributed by atoms with Crippen LogP contribution in [0.3, 0.4) is 0 Å². The highest BCUT2D eigenvalue weighted by Crippen LogP contribution is 2.37. The van der Waals surface area contributed by atoms with Gasteiger partial charge in [0.1, 0.15) is 17.3 Å². The van der Waals surface area contributed by atoms with E-state index in [-0.39, 0.29) is 18.7 Å². The number of carbonyl (C=O) groups is 1. The van der Waals surface area contributed by atoms with E-state index >= 15 is 0 Å². The lowest BCUT2D eigenvalue weighted by atomic mass is 9.88. The number of piperidine rings is 1. The summed E-state index contributed by atoms with van der Waals surface area (Å²) in [4.78, 5) is 28.2. The Morgan fingerprint density at radius 2 is 2.14 bits per heavy atom. The van der Waals surface area contributed by atoms with Gasteiger partial charge in [-0.1, -0.05) is 31.5 Å². The minimum atomic E-state index is -3.04. The lowest BCUT2D eigenvalue weighted by Gasteiger charge is -2.43. The van der Waals surface area contributed by atoms with E-state index in [1.807, 2.05) is 13.8 Å². The van der Waals surface area contributed by atoms with Gasteiger partial charge < -0.3 is 10.2 Å². The summed E-state index contributed by atoms with van der Waals surface area (Å²) in [7, 11) is 0. The van der Waals surface area contributed by atoms with Crippen molar-refractivity contribution in [1.82, 2.24) is 20.2 Å². The van der Waals surface area contributed by atoms with Crippen LogP contribution in [0.2, 0.25) is 0 Å². The normalized spacial score (nSPS) is 20.8. The fourth-order valence-corrected chi connectivity index (χ4v) is 5.08. The predicted octanol–water partition coefficient (Wildman–Crippen LogP) is 6.58. The Morgan fingerprint density at radius 1 is 1.41 bits per heavy atom. The molecule has 0 spiro atoms. The minimum absolute atomic E-state index is 0.0369. The molecule has 37 heavy (non-hydrogen) atoms. The highest BCUT2D eigenvalue weighted by molar-refractivity contribution is 7.15. The zero-order valence-corrected chi connectivity index (χ0v) is 23.1. The van der Waals surface area contributed by atoms with Crippen LogP contribution in [0.4, 0.5) is 13.2 Å². The van der Waals surface area contributed by atoms with E-state index in [2.05, 4.69) is 20.3 Å². The molecule has 1 aliphatic rings. The number of aryl methyl sites for hydroxylation is 1. The van der Waals surface area contributed by atoms with Crippen LogP contribution in [0.25, 0.3) is 10.6 Å². The van der Waals surface area contributed by atoms with Crippen LogP contribution < -0.4 is 5.32 Å². The third kappa shape index (κ3) is 7.19. The number of aliphatic imine (C=N–C) groups is 1. The number of carbonyl (C=O) groups excluding carboxylic acids is 1. The molecule has 0 aromatic carbocycles. The number of allylic oxidation sites excluding steroid dienone is 3. The second-order valence-corrected chi connectivity index (χ2v) is 10.7. The van der Waals surface area contributed by atoms with E-state index in [0.29, 0.717) is 26.4 Å². The van der Waals surface area contributed by atoms with Crippen LogP contribution in [0.15, 0.2) is 45.8 Å². The Labute approximate surface area is 224 Å². The summed E-state index contributed by atoms with van der Waals surface area (Å²) in [5.41, 5.74) is 1.36. The van der Waals surface area contributed by atoms with E-state index in [1.54, 1.807) is 26.8 Å². The summed E-state index contributed by atoms with van der Waals surface area (Å²) < 4.78 is 42.9. The van der Waals surface area contributed by atoms with Gasteiger partial charge in [-0.2, -0.15) is 0 Å². The van der Waals surface area contributed by atoms with Crippen molar-refractivity contribution in [2.24, 2.45) is 10.9 Å². The molecule has 2 atom stereocenters. The Kier molecular flexibility index (Phi) is 9.52. The Hall–Kier alpha value is -2.72. The van der Waals surface area contributed by atoms with Crippen LogP contribution >= 0.6 is 22.9 Å². The molecule has 1 aliphatic heterocycles. The molecule has 2 aromatic heterocycles. The molecule has 0 aliphatic carbocycles. The maximum absolute atomic E-state index is 14.7. The van der Waals surface area contributed by atoms with Crippen molar-refractivity contribution in [3.8, 4) is 10.6 Å². The first-order valence-electron chi connectivity index (χ1n) is 12.0. The van der Waals surface area contributed by atoms with Crippen molar-refractivity contribution in [3.05, 3.63) is 57.4 Å². The maximum Gasteiger partial charge on any atom is 0.274 e. The number of alkyl halides is 2. The van der Waals surface area contributed by atoms with Gasteiger partial charge in [-0.05, 0) is 50.8 Å². The van der Waals surface area contributed by atoms with Gasteiger partial charge >= 0.3 is 0 Å². The number of amides is 1. The predicted molar refractivity (Wildman–Crippen MR) is 143 cm³/mol. The SMILES string of the molecule is C\C=C(Cl)/C=N\C(NC[C@@H]1C(C)CC(F)(F)CN1C(=O)c1nc(C)sc1-c1ccc(F)cn1)=C(\C)CC. The topological polar surface area (TPSA) is 70.5 Å². The highest BCUT2D eigenvalue weighted by Gasteiger charge is 2.47. The lowest BCUT2D eigenvalue weighted by molar-refractivity contribution is -0.0913. The summed E-state index contributed by atoms with van der Waals surface area (Å²) in [5.74, 6) is -4.08. The molecule has 3 heterocycles. The van der Waals surface area contributed by atoms with Crippen LogP contribution in [0, 0.1) is 18.7 Å². The lowest BCUT2D eigenvalue weighted by Crippen LogP contribution is -2.58. The number of halogens is 4. The molecule has 3 rings (SSSR count). The second-order valence-electron chi connectivity index (χ2n) is 9.11. The van der Waals surface area contributed by atoms with Gasteiger partial charge in [0.2, 0.25) is 0 Å². The molecule has 2 aromatic rings. The molecule has 1 fully saturated rings. The van der Waals surface area contributed by atoms with Crippen molar-refractivity contribution in [1.29, 1.82) is 0 Å². The quantitative estimate of drug-likeness (QED) is 0.375. The molecule has 0 bridgehead atoms. The molecule has 1 unspecified atom stereocenters. The number of likely N-dealkylation sites (tertiary alicyclic amines) is 1. The van der Waals surface area contributed by atoms with Crippen molar-refractivity contribution in [2.45, 2.75) is 59.4 Å². The summed E-state index contributed by atoms with van der Waals surface area (Å²) in [6, 6.07) is 2.14. The van der Waals surface area contributed by atoms with Gasteiger partial charge in [0, 0.05) is 19.2 Å². The second kappa shape index (κ2) is 12.2. The molecular weight excluding hydrogens is 523 g/mol. The molecule has 1 N–H and O–H groups in total.